The van der Waals surface area contributed by atoms with Crippen LogP contribution in [0, 0.1) is 5.82 Å². The fourth-order valence-electron chi connectivity index (χ4n) is 2.09. The molecule has 1 heterocycles. The quantitative estimate of drug-likeness (QED) is 0.709. The molecule has 0 radical (unpaired) electrons. The van der Waals surface area contributed by atoms with Gasteiger partial charge in [-0.05, 0) is 42.5 Å². The van der Waals surface area contributed by atoms with Crippen molar-refractivity contribution in [1.82, 2.24) is 4.98 Å². The minimum absolute atomic E-state index is 0.0535. The van der Waals surface area contributed by atoms with Gasteiger partial charge in [0.1, 0.15) is 5.82 Å². The number of nitrogens with zero attached hydrogens (tertiary/aromatic N) is 1. The van der Waals surface area contributed by atoms with E-state index in [-0.39, 0.29) is 11.6 Å². The van der Waals surface area contributed by atoms with E-state index < -0.39 is 5.82 Å². The van der Waals surface area contributed by atoms with Gasteiger partial charge in [0.25, 0.3) is 5.91 Å². The Bertz CT molecular complexity index is 827. The lowest BCUT2D eigenvalue weighted by molar-refractivity contribution is 0.102. The number of hydrogen-bond donors (Lipinski definition) is 2. The van der Waals surface area contributed by atoms with E-state index in [9.17, 15) is 9.18 Å². The number of anilines is 2. The molecule has 5 heteroatoms. The summed E-state index contributed by atoms with van der Waals surface area (Å²) in [5.41, 5.74) is 7.16. The smallest absolute Gasteiger partial charge is 0.255 e. The predicted octanol–water partition coefficient (Wildman–Crippen LogP) is 3.21. The van der Waals surface area contributed by atoms with E-state index in [2.05, 4.69) is 10.3 Å². The molecular formula is C16H12FN3O. The van der Waals surface area contributed by atoms with E-state index in [1.807, 2.05) is 18.2 Å². The number of rotatable bonds is 2. The zero-order valence-electron chi connectivity index (χ0n) is 11.0. The van der Waals surface area contributed by atoms with Crippen molar-refractivity contribution in [1.29, 1.82) is 0 Å². The molecule has 3 rings (SSSR count). The van der Waals surface area contributed by atoms with Crippen molar-refractivity contribution < 1.29 is 9.18 Å². The number of carbonyl (C=O) groups excluding carboxylic acids is 1. The zero-order valence-corrected chi connectivity index (χ0v) is 11.0. The number of amides is 1. The van der Waals surface area contributed by atoms with Crippen LogP contribution in [0.4, 0.5) is 15.8 Å². The van der Waals surface area contributed by atoms with Gasteiger partial charge in [0.2, 0.25) is 0 Å². The molecule has 0 atom stereocenters. The number of hydrogen-bond acceptors (Lipinski definition) is 3. The molecule has 0 saturated carbocycles. The molecule has 0 aliphatic carbocycles. The molecule has 0 fully saturated rings. The van der Waals surface area contributed by atoms with Gasteiger partial charge in [-0.2, -0.15) is 0 Å². The summed E-state index contributed by atoms with van der Waals surface area (Å²) in [5, 5.41) is 3.63. The number of benzene rings is 2. The van der Waals surface area contributed by atoms with Crippen LogP contribution >= 0.6 is 0 Å². The Labute approximate surface area is 120 Å². The summed E-state index contributed by atoms with van der Waals surface area (Å²) in [6.45, 7) is 0. The summed E-state index contributed by atoms with van der Waals surface area (Å²) in [6.07, 6.45) is 1.69. The van der Waals surface area contributed by atoms with Crippen LogP contribution in [0.1, 0.15) is 10.4 Å². The van der Waals surface area contributed by atoms with Crippen LogP contribution in [0.5, 0.6) is 0 Å². The largest absolute Gasteiger partial charge is 0.396 e. The number of fused-ring (bicyclic) bond motifs is 1. The summed E-state index contributed by atoms with van der Waals surface area (Å²) in [4.78, 5) is 16.4. The molecule has 3 N–H and O–H groups in total. The van der Waals surface area contributed by atoms with Crippen LogP contribution in [0.3, 0.4) is 0 Å². The monoisotopic (exact) mass is 281 g/mol. The molecule has 1 aromatic heterocycles. The highest BCUT2D eigenvalue weighted by atomic mass is 19.1. The molecule has 21 heavy (non-hydrogen) atoms. The second-order valence-electron chi connectivity index (χ2n) is 4.57. The number of carbonyl (C=O) groups is 1. The highest BCUT2D eigenvalue weighted by molar-refractivity contribution is 6.08. The molecule has 104 valence electrons. The lowest BCUT2D eigenvalue weighted by Crippen LogP contribution is -2.12. The first kappa shape index (κ1) is 13.1. The van der Waals surface area contributed by atoms with Gasteiger partial charge in [-0.3, -0.25) is 9.78 Å². The number of nitrogen functional groups attached to an aromatic ring is 1. The van der Waals surface area contributed by atoms with Crippen molar-refractivity contribution in [2.24, 2.45) is 0 Å². The first-order valence-corrected chi connectivity index (χ1v) is 6.35. The number of halogens is 1. The van der Waals surface area contributed by atoms with E-state index in [1.54, 1.807) is 18.3 Å². The average Bonchev–Trinajstić information content (AvgIpc) is 2.50. The maximum absolute atomic E-state index is 13.1. The van der Waals surface area contributed by atoms with Crippen molar-refractivity contribution in [2.45, 2.75) is 0 Å². The topological polar surface area (TPSA) is 68.0 Å². The Balaban J connectivity index is 1.94. The maximum Gasteiger partial charge on any atom is 0.255 e. The minimum Gasteiger partial charge on any atom is -0.396 e. The van der Waals surface area contributed by atoms with Gasteiger partial charge in [0.15, 0.2) is 0 Å². The predicted molar refractivity (Wildman–Crippen MR) is 80.5 cm³/mol. The molecule has 3 aromatic rings. The lowest BCUT2D eigenvalue weighted by atomic mass is 10.1. The standard InChI is InChI=1S/C16H12FN3O/c17-12-7-6-10(9-13(12)18)16(21)20-15-5-1-4-14-11(15)3-2-8-19-14/h1-9H,18H2,(H,20,21). The Morgan fingerprint density at radius 3 is 2.81 bits per heavy atom. The van der Waals surface area contributed by atoms with E-state index in [1.165, 1.54) is 18.2 Å². The third-order valence-electron chi connectivity index (χ3n) is 3.15. The Hall–Kier alpha value is -2.95. The van der Waals surface area contributed by atoms with Crippen molar-refractivity contribution in [3.63, 3.8) is 0 Å². The Morgan fingerprint density at radius 1 is 1.14 bits per heavy atom. The zero-order chi connectivity index (χ0) is 14.8. The highest BCUT2D eigenvalue weighted by Gasteiger charge is 2.10. The fraction of sp³-hybridized carbons (Fsp3) is 0. The number of aromatic nitrogens is 1. The summed E-state index contributed by atoms with van der Waals surface area (Å²) in [6, 6.07) is 13.0. The Kier molecular flexibility index (Phi) is 3.23. The van der Waals surface area contributed by atoms with Gasteiger partial charge in [-0.25, -0.2) is 4.39 Å². The normalized spacial score (nSPS) is 10.5. The molecule has 0 saturated heterocycles. The van der Waals surface area contributed by atoms with E-state index in [4.69, 9.17) is 5.73 Å². The number of pyridine rings is 1. The summed E-state index contributed by atoms with van der Waals surface area (Å²) in [5.74, 6) is -0.890. The summed E-state index contributed by atoms with van der Waals surface area (Å²) >= 11 is 0. The van der Waals surface area contributed by atoms with Crippen LogP contribution in [-0.2, 0) is 0 Å². The molecule has 0 bridgehead atoms. The Morgan fingerprint density at radius 2 is 2.00 bits per heavy atom. The van der Waals surface area contributed by atoms with Crippen LogP contribution in [0.2, 0.25) is 0 Å². The number of nitrogens with two attached hydrogens (primary N) is 1. The van der Waals surface area contributed by atoms with Crippen LogP contribution < -0.4 is 11.1 Å². The van der Waals surface area contributed by atoms with Crippen LogP contribution in [-0.4, -0.2) is 10.9 Å². The van der Waals surface area contributed by atoms with E-state index in [0.29, 0.717) is 11.3 Å². The van der Waals surface area contributed by atoms with Crippen molar-refractivity contribution in [3.05, 3.63) is 66.1 Å². The SMILES string of the molecule is Nc1cc(C(=O)Nc2cccc3ncccc23)ccc1F. The second-order valence-corrected chi connectivity index (χ2v) is 4.57. The van der Waals surface area contributed by atoms with Gasteiger partial charge in [-0.15, -0.1) is 0 Å². The molecule has 0 unspecified atom stereocenters. The molecule has 1 amide bonds. The van der Waals surface area contributed by atoms with Gasteiger partial charge >= 0.3 is 0 Å². The second kappa shape index (κ2) is 5.20. The fourth-order valence-corrected chi connectivity index (χ4v) is 2.09. The van der Waals surface area contributed by atoms with Crippen molar-refractivity contribution in [3.8, 4) is 0 Å². The van der Waals surface area contributed by atoms with Gasteiger partial charge in [-0.1, -0.05) is 6.07 Å². The maximum atomic E-state index is 13.1. The van der Waals surface area contributed by atoms with Gasteiger partial charge in [0.05, 0.1) is 16.9 Å². The average molecular weight is 281 g/mol. The van der Waals surface area contributed by atoms with Gasteiger partial charge in [0, 0.05) is 17.1 Å². The molecule has 4 nitrogen and oxygen atoms in total. The first-order valence-electron chi connectivity index (χ1n) is 6.35. The van der Waals surface area contributed by atoms with Crippen molar-refractivity contribution >= 4 is 28.2 Å². The van der Waals surface area contributed by atoms with Gasteiger partial charge < -0.3 is 11.1 Å². The third-order valence-corrected chi connectivity index (χ3v) is 3.15. The molecule has 0 aliphatic heterocycles. The first-order chi connectivity index (χ1) is 10.1. The summed E-state index contributed by atoms with van der Waals surface area (Å²) < 4.78 is 13.1. The number of nitrogens with one attached hydrogen (secondary N) is 1. The van der Waals surface area contributed by atoms with E-state index in [0.717, 1.165) is 10.9 Å². The molecule has 0 aliphatic rings. The van der Waals surface area contributed by atoms with E-state index >= 15 is 0 Å². The molecule has 2 aromatic carbocycles. The molecular weight excluding hydrogens is 269 g/mol. The van der Waals surface area contributed by atoms with Crippen LogP contribution in [0.15, 0.2) is 54.7 Å². The minimum atomic E-state index is -0.541. The lowest BCUT2D eigenvalue weighted by Gasteiger charge is -2.09. The van der Waals surface area contributed by atoms with Crippen LogP contribution in [0.25, 0.3) is 10.9 Å². The highest BCUT2D eigenvalue weighted by Crippen LogP contribution is 2.22. The molecule has 0 spiro atoms. The third kappa shape index (κ3) is 2.53. The summed E-state index contributed by atoms with van der Waals surface area (Å²) in [7, 11) is 0. The van der Waals surface area contributed by atoms with Crippen molar-refractivity contribution in [2.75, 3.05) is 11.1 Å².